The van der Waals surface area contributed by atoms with Gasteiger partial charge >= 0.3 is 5.97 Å². The molecule has 0 aliphatic heterocycles. The van der Waals surface area contributed by atoms with Crippen LogP contribution in [0.3, 0.4) is 0 Å². The van der Waals surface area contributed by atoms with E-state index < -0.39 is 59.8 Å². The van der Waals surface area contributed by atoms with Gasteiger partial charge in [0.15, 0.2) is 0 Å². The molecule has 0 bridgehead atoms. The standard InChI is InChI=1S/C34H51N7O6/c1-22(2)18-28(33(46)39-27(14-9-17-35)32(45)38-25(21-36)15-16-30(42)43)41-34(47)29(20-24-12-7-4-8-13-24)40-31(44)26(37)19-23-10-5-3-6-11-23/h3-8,10-13,22,25-29H,9,14-21,35-37H2,1-2H3,(H,38,45)(H,39,46)(H,40,44)(H,41,47)(H,42,43)/t25-,26+,27+,28+,29+/m0/s1. The normalized spacial score (nSPS) is 14.3. The van der Waals surface area contributed by atoms with E-state index in [0.717, 1.165) is 11.1 Å². The lowest BCUT2D eigenvalue weighted by atomic mass is 9.99. The Morgan fingerprint density at radius 3 is 1.72 bits per heavy atom. The summed E-state index contributed by atoms with van der Waals surface area (Å²) < 4.78 is 0. The summed E-state index contributed by atoms with van der Waals surface area (Å²) in [5, 5.41) is 20.1. The average Bonchev–Trinajstić information content (AvgIpc) is 3.04. The van der Waals surface area contributed by atoms with Gasteiger partial charge in [0.05, 0.1) is 6.04 Å². The van der Waals surface area contributed by atoms with Gasteiger partial charge < -0.3 is 43.6 Å². The number of hydrogen-bond acceptors (Lipinski definition) is 8. The lowest BCUT2D eigenvalue weighted by Crippen LogP contribution is -2.59. The molecule has 0 spiro atoms. The first-order valence-electron chi connectivity index (χ1n) is 16.1. The number of carboxylic acids is 1. The molecule has 5 atom stereocenters. The van der Waals surface area contributed by atoms with Gasteiger partial charge in [0.1, 0.15) is 18.1 Å². The Morgan fingerprint density at radius 2 is 1.19 bits per heavy atom. The van der Waals surface area contributed by atoms with Crippen LogP contribution in [0.1, 0.15) is 57.1 Å². The van der Waals surface area contributed by atoms with Gasteiger partial charge in [0, 0.05) is 25.4 Å². The molecule has 13 nitrogen and oxygen atoms in total. The van der Waals surface area contributed by atoms with Crippen molar-refractivity contribution < 1.29 is 29.1 Å². The highest BCUT2D eigenvalue weighted by atomic mass is 16.4. The summed E-state index contributed by atoms with van der Waals surface area (Å²) in [6.45, 7) is 4.08. The minimum Gasteiger partial charge on any atom is -0.481 e. The molecule has 13 heteroatoms. The van der Waals surface area contributed by atoms with E-state index in [2.05, 4.69) is 21.3 Å². The first-order chi connectivity index (χ1) is 22.4. The van der Waals surface area contributed by atoms with E-state index in [4.69, 9.17) is 22.3 Å². The van der Waals surface area contributed by atoms with E-state index in [1.54, 1.807) is 0 Å². The van der Waals surface area contributed by atoms with Crippen molar-refractivity contribution in [3.05, 3.63) is 71.8 Å². The molecule has 0 fully saturated rings. The van der Waals surface area contributed by atoms with E-state index in [0.29, 0.717) is 6.42 Å². The molecule has 11 N–H and O–H groups in total. The van der Waals surface area contributed by atoms with E-state index in [-0.39, 0.29) is 57.5 Å². The Hall–Kier alpha value is -4.33. The fourth-order valence-corrected chi connectivity index (χ4v) is 4.99. The number of carbonyl (C=O) groups excluding carboxylic acids is 4. The Labute approximate surface area is 276 Å². The number of carboxylic acid groups (broad SMARTS) is 1. The molecule has 4 amide bonds. The largest absolute Gasteiger partial charge is 0.481 e. The van der Waals surface area contributed by atoms with Crippen LogP contribution >= 0.6 is 0 Å². The predicted octanol–water partition coefficient (Wildman–Crippen LogP) is 0.347. The molecular weight excluding hydrogens is 602 g/mol. The summed E-state index contributed by atoms with van der Waals surface area (Å²) in [4.78, 5) is 64.7. The van der Waals surface area contributed by atoms with Crippen molar-refractivity contribution in [1.82, 2.24) is 21.3 Å². The average molecular weight is 654 g/mol. The molecule has 0 aliphatic rings. The monoisotopic (exact) mass is 653 g/mol. The van der Waals surface area contributed by atoms with Gasteiger partial charge in [-0.3, -0.25) is 24.0 Å². The van der Waals surface area contributed by atoms with Gasteiger partial charge in [-0.25, -0.2) is 0 Å². The maximum atomic E-state index is 13.8. The molecule has 0 aromatic heterocycles. The Kier molecular flexibility index (Phi) is 17.1. The smallest absolute Gasteiger partial charge is 0.303 e. The zero-order valence-corrected chi connectivity index (χ0v) is 27.3. The van der Waals surface area contributed by atoms with Crippen LogP contribution in [0, 0.1) is 5.92 Å². The van der Waals surface area contributed by atoms with Crippen LogP contribution in [0.25, 0.3) is 0 Å². The molecule has 2 aromatic rings. The van der Waals surface area contributed by atoms with Crippen LogP contribution in [0.4, 0.5) is 0 Å². The summed E-state index contributed by atoms with van der Waals surface area (Å²) in [5.74, 6) is -3.21. The second-order valence-corrected chi connectivity index (χ2v) is 12.1. The number of benzene rings is 2. The molecule has 2 aromatic carbocycles. The van der Waals surface area contributed by atoms with Crippen molar-refractivity contribution in [3.8, 4) is 0 Å². The second-order valence-electron chi connectivity index (χ2n) is 12.1. The summed E-state index contributed by atoms with van der Waals surface area (Å²) >= 11 is 0. The summed E-state index contributed by atoms with van der Waals surface area (Å²) in [5.41, 5.74) is 19.3. The van der Waals surface area contributed by atoms with Gasteiger partial charge in [-0.05, 0) is 55.7 Å². The first-order valence-corrected chi connectivity index (χ1v) is 16.1. The van der Waals surface area contributed by atoms with Gasteiger partial charge in [0.25, 0.3) is 0 Å². The lowest BCUT2D eigenvalue weighted by molar-refractivity contribution is -0.137. The molecule has 47 heavy (non-hydrogen) atoms. The zero-order chi connectivity index (χ0) is 34.8. The molecule has 0 saturated heterocycles. The minimum absolute atomic E-state index is 0.0125. The van der Waals surface area contributed by atoms with Gasteiger partial charge in [0.2, 0.25) is 23.6 Å². The number of nitrogens with one attached hydrogen (secondary N) is 4. The molecular formula is C34H51N7O6. The van der Waals surface area contributed by atoms with Gasteiger partial charge in [-0.1, -0.05) is 74.5 Å². The highest BCUT2D eigenvalue weighted by molar-refractivity contribution is 5.95. The number of hydrogen-bond donors (Lipinski definition) is 8. The lowest BCUT2D eigenvalue weighted by Gasteiger charge is -2.27. The molecule has 0 saturated carbocycles. The topological polar surface area (TPSA) is 232 Å². The van der Waals surface area contributed by atoms with E-state index in [1.807, 2.05) is 74.5 Å². The number of nitrogens with two attached hydrogens (primary N) is 3. The molecule has 2 rings (SSSR count). The van der Waals surface area contributed by atoms with Crippen LogP contribution in [0.15, 0.2) is 60.7 Å². The van der Waals surface area contributed by atoms with Crippen LogP contribution in [0.2, 0.25) is 0 Å². The third kappa shape index (κ3) is 14.8. The van der Waals surface area contributed by atoms with Crippen molar-refractivity contribution in [2.45, 2.75) is 89.0 Å². The fraction of sp³-hybridized carbons (Fsp3) is 0.500. The van der Waals surface area contributed by atoms with Crippen molar-refractivity contribution in [3.63, 3.8) is 0 Å². The molecule has 0 unspecified atom stereocenters. The summed E-state index contributed by atoms with van der Waals surface area (Å²) in [6, 6.07) is 13.9. The Balaban J connectivity index is 2.22. The van der Waals surface area contributed by atoms with Crippen LogP contribution in [0.5, 0.6) is 0 Å². The Bertz CT molecular complexity index is 1280. The fourth-order valence-electron chi connectivity index (χ4n) is 4.99. The third-order valence-electron chi connectivity index (χ3n) is 7.56. The predicted molar refractivity (Wildman–Crippen MR) is 180 cm³/mol. The number of aliphatic carboxylic acids is 1. The SMILES string of the molecule is CC(C)C[C@@H](NC(=O)[C@@H](Cc1ccccc1)NC(=O)[C@H](N)Cc1ccccc1)C(=O)N[C@H](CCCN)C(=O)N[C@H](CN)CCC(=O)O. The molecule has 0 aliphatic carbocycles. The van der Waals surface area contributed by atoms with Crippen molar-refractivity contribution in [1.29, 1.82) is 0 Å². The Morgan fingerprint density at radius 1 is 0.681 bits per heavy atom. The van der Waals surface area contributed by atoms with Gasteiger partial charge in [-0.2, -0.15) is 0 Å². The molecule has 0 heterocycles. The summed E-state index contributed by atoms with van der Waals surface area (Å²) in [6.07, 6.45) is 1.29. The van der Waals surface area contributed by atoms with Crippen molar-refractivity contribution in [2.24, 2.45) is 23.1 Å². The van der Waals surface area contributed by atoms with E-state index in [1.165, 1.54) is 0 Å². The maximum Gasteiger partial charge on any atom is 0.303 e. The van der Waals surface area contributed by atoms with Gasteiger partial charge in [-0.15, -0.1) is 0 Å². The van der Waals surface area contributed by atoms with Crippen LogP contribution < -0.4 is 38.5 Å². The summed E-state index contributed by atoms with van der Waals surface area (Å²) in [7, 11) is 0. The molecule has 0 radical (unpaired) electrons. The van der Waals surface area contributed by atoms with Crippen molar-refractivity contribution >= 4 is 29.6 Å². The van der Waals surface area contributed by atoms with E-state index in [9.17, 15) is 24.0 Å². The number of carbonyl (C=O) groups is 5. The highest BCUT2D eigenvalue weighted by Gasteiger charge is 2.31. The number of amides is 4. The van der Waals surface area contributed by atoms with Crippen LogP contribution in [-0.4, -0.2) is 78.0 Å². The van der Waals surface area contributed by atoms with Crippen molar-refractivity contribution in [2.75, 3.05) is 13.1 Å². The molecule has 258 valence electrons. The zero-order valence-electron chi connectivity index (χ0n) is 27.3. The van der Waals surface area contributed by atoms with Crippen LogP contribution in [-0.2, 0) is 36.8 Å². The first kappa shape index (κ1) is 38.9. The maximum absolute atomic E-state index is 13.8. The third-order valence-corrected chi connectivity index (χ3v) is 7.56. The highest BCUT2D eigenvalue weighted by Crippen LogP contribution is 2.10. The number of rotatable bonds is 21. The second kappa shape index (κ2) is 20.7. The van der Waals surface area contributed by atoms with E-state index >= 15 is 0 Å². The quantitative estimate of drug-likeness (QED) is 0.0927. The minimum atomic E-state index is -1.04.